The van der Waals surface area contributed by atoms with Crippen LogP contribution in [0.2, 0.25) is 0 Å². The van der Waals surface area contributed by atoms with Crippen molar-refractivity contribution < 1.29 is 19.4 Å². The van der Waals surface area contributed by atoms with Crippen LogP contribution in [0.3, 0.4) is 0 Å². The standard InChI is InChI=1S/C19H21NO4S/c1-24-12-11-20(13-18(21)22)19(23)16-7-9-17(10-8-16)25-14-15-5-3-2-4-6-15/h2-10H,11-14H2,1H3,(H,21,22). The lowest BCUT2D eigenvalue weighted by Crippen LogP contribution is -2.37. The Kier molecular flexibility index (Phi) is 7.50. The number of amides is 1. The highest BCUT2D eigenvalue weighted by atomic mass is 32.2. The molecular weight excluding hydrogens is 338 g/mol. The Bertz CT molecular complexity index is 688. The summed E-state index contributed by atoms with van der Waals surface area (Å²) in [4.78, 5) is 25.8. The fourth-order valence-electron chi connectivity index (χ4n) is 2.23. The third-order valence-corrected chi connectivity index (χ3v) is 4.61. The van der Waals surface area contributed by atoms with Gasteiger partial charge in [0.1, 0.15) is 6.54 Å². The maximum Gasteiger partial charge on any atom is 0.323 e. The number of ether oxygens (including phenoxy) is 1. The summed E-state index contributed by atoms with van der Waals surface area (Å²) < 4.78 is 4.94. The first-order chi connectivity index (χ1) is 12.1. The molecule has 0 spiro atoms. The molecule has 0 bridgehead atoms. The van der Waals surface area contributed by atoms with Gasteiger partial charge < -0.3 is 14.7 Å². The molecule has 5 nitrogen and oxygen atoms in total. The summed E-state index contributed by atoms with van der Waals surface area (Å²) in [5.41, 5.74) is 1.71. The van der Waals surface area contributed by atoms with E-state index in [0.717, 1.165) is 10.6 Å². The van der Waals surface area contributed by atoms with Crippen molar-refractivity contribution in [2.45, 2.75) is 10.6 Å². The zero-order valence-corrected chi connectivity index (χ0v) is 14.9. The highest BCUT2D eigenvalue weighted by Crippen LogP contribution is 2.23. The minimum absolute atomic E-state index is 0.242. The van der Waals surface area contributed by atoms with Crippen LogP contribution in [-0.4, -0.2) is 48.7 Å². The zero-order chi connectivity index (χ0) is 18.1. The van der Waals surface area contributed by atoms with Crippen LogP contribution in [0.1, 0.15) is 15.9 Å². The SMILES string of the molecule is COCCN(CC(=O)O)C(=O)c1ccc(SCc2ccccc2)cc1. The first-order valence-electron chi connectivity index (χ1n) is 7.87. The summed E-state index contributed by atoms with van der Waals surface area (Å²) in [6.45, 7) is 0.197. The Morgan fingerprint density at radius 2 is 1.76 bits per heavy atom. The van der Waals surface area contributed by atoms with E-state index in [1.54, 1.807) is 23.9 Å². The third-order valence-electron chi connectivity index (χ3n) is 3.53. The number of rotatable bonds is 9. The Morgan fingerprint density at radius 3 is 2.36 bits per heavy atom. The number of benzene rings is 2. The van der Waals surface area contributed by atoms with Crippen molar-refractivity contribution in [3.63, 3.8) is 0 Å². The number of carboxylic acids is 1. The minimum atomic E-state index is -1.04. The predicted octanol–water partition coefficient (Wildman–Crippen LogP) is 3.15. The van der Waals surface area contributed by atoms with Gasteiger partial charge in [0.25, 0.3) is 5.91 Å². The second-order valence-corrected chi connectivity index (χ2v) is 6.46. The number of carboxylic acid groups (broad SMARTS) is 1. The minimum Gasteiger partial charge on any atom is -0.480 e. The van der Waals surface area contributed by atoms with Gasteiger partial charge in [-0.1, -0.05) is 30.3 Å². The summed E-state index contributed by atoms with van der Waals surface area (Å²) in [6.07, 6.45) is 0. The lowest BCUT2D eigenvalue weighted by molar-refractivity contribution is -0.137. The second-order valence-electron chi connectivity index (χ2n) is 5.41. The number of hydrogen-bond acceptors (Lipinski definition) is 4. The molecule has 0 unspecified atom stereocenters. The van der Waals surface area contributed by atoms with E-state index in [9.17, 15) is 9.59 Å². The molecule has 0 heterocycles. The van der Waals surface area contributed by atoms with Crippen molar-refractivity contribution in [1.29, 1.82) is 0 Å². The molecule has 0 fully saturated rings. The first kappa shape index (κ1) is 19.0. The molecule has 2 rings (SSSR count). The van der Waals surface area contributed by atoms with Crippen LogP contribution in [-0.2, 0) is 15.3 Å². The number of nitrogens with zero attached hydrogens (tertiary/aromatic N) is 1. The smallest absolute Gasteiger partial charge is 0.323 e. The average Bonchev–Trinajstić information content (AvgIpc) is 2.64. The quantitative estimate of drug-likeness (QED) is 0.697. The van der Waals surface area contributed by atoms with Crippen molar-refractivity contribution in [2.75, 3.05) is 26.8 Å². The normalized spacial score (nSPS) is 10.4. The summed E-state index contributed by atoms with van der Waals surface area (Å²) in [7, 11) is 1.52. The number of hydrogen-bond donors (Lipinski definition) is 1. The average molecular weight is 359 g/mol. The first-order valence-corrected chi connectivity index (χ1v) is 8.85. The molecule has 0 aliphatic heterocycles. The second kappa shape index (κ2) is 9.86. The van der Waals surface area contributed by atoms with Crippen LogP contribution in [0.25, 0.3) is 0 Å². The van der Waals surface area contributed by atoms with E-state index in [2.05, 4.69) is 12.1 Å². The largest absolute Gasteiger partial charge is 0.480 e. The Balaban J connectivity index is 1.99. The zero-order valence-electron chi connectivity index (χ0n) is 14.1. The molecule has 0 saturated heterocycles. The summed E-state index contributed by atoms with van der Waals surface area (Å²) in [5, 5.41) is 8.96. The third kappa shape index (κ3) is 6.25. The predicted molar refractivity (Wildman–Crippen MR) is 97.9 cm³/mol. The molecule has 0 aliphatic rings. The van der Waals surface area contributed by atoms with Gasteiger partial charge in [0.05, 0.1) is 6.61 Å². The van der Waals surface area contributed by atoms with Crippen molar-refractivity contribution >= 4 is 23.6 Å². The molecule has 25 heavy (non-hydrogen) atoms. The molecule has 1 N–H and O–H groups in total. The molecule has 0 saturated carbocycles. The topological polar surface area (TPSA) is 66.8 Å². The number of thioether (sulfide) groups is 1. The van der Waals surface area contributed by atoms with Crippen LogP contribution in [0.5, 0.6) is 0 Å². The summed E-state index contributed by atoms with van der Waals surface area (Å²) in [5.74, 6) is -0.494. The van der Waals surface area contributed by atoms with Crippen molar-refractivity contribution in [2.24, 2.45) is 0 Å². The van der Waals surface area contributed by atoms with Crippen molar-refractivity contribution in [3.8, 4) is 0 Å². The van der Waals surface area contributed by atoms with Gasteiger partial charge in [0.2, 0.25) is 0 Å². The van der Waals surface area contributed by atoms with Crippen LogP contribution in [0.4, 0.5) is 0 Å². The van der Waals surface area contributed by atoms with Crippen LogP contribution in [0.15, 0.2) is 59.5 Å². The lowest BCUT2D eigenvalue weighted by atomic mass is 10.2. The molecular formula is C19H21NO4S. The summed E-state index contributed by atoms with van der Waals surface area (Å²) >= 11 is 1.69. The molecule has 0 radical (unpaired) electrons. The highest BCUT2D eigenvalue weighted by Gasteiger charge is 2.18. The van der Waals surface area contributed by atoms with Gasteiger partial charge in [0.15, 0.2) is 0 Å². The number of aliphatic carboxylic acids is 1. The molecule has 2 aromatic rings. The van der Waals surface area contributed by atoms with Gasteiger partial charge in [-0.05, 0) is 29.8 Å². The van der Waals surface area contributed by atoms with Gasteiger partial charge >= 0.3 is 5.97 Å². The van der Waals surface area contributed by atoms with Gasteiger partial charge in [-0.15, -0.1) is 11.8 Å². The number of carbonyl (C=O) groups excluding carboxylic acids is 1. The maximum atomic E-state index is 12.5. The van der Waals surface area contributed by atoms with E-state index in [-0.39, 0.29) is 19.0 Å². The Hall–Kier alpha value is -2.31. The molecule has 132 valence electrons. The monoisotopic (exact) mass is 359 g/mol. The van der Waals surface area contributed by atoms with E-state index in [4.69, 9.17) is 9.84 Å². The molecule has 0 aromatic heterocycles. The van der Waals surface area contributed by atoms with E-state index in [0.29, 0.717) is 12.2 Å². The van der Waals surface area contributed by atoms with Gasteiger partial charge in [-0.25, -0.2) is 0 Å². The Labute approximate surface area is 151 Å². The maximum absolute atomic E-state index is 12.5. The van der Waals surface area contributed by atoms with E-state index in [1.165, 1.54) is 17.6 Å². The lowest BCUT2D eigenvalue weighted by Gasteiger charge is -2.20. The Morgan fingerprint density at radius 1 is 1.08 bits per heavy atom. The molecule has 0 aliphatic carbocycles. The van der Waals surface area contributed by atoms with Crippen molar-refractivity contribution in [1.82, 2.24) is 4.90 Å². The van der Waals surface area contributed by atoms with E-state index >= 15 is 0 Å². The summed E-state index contributed by atoms with van der Waals surface area (Å²) in [6, 6.07) is 17.4. The van der Waals surface area contributed by atoms with Gasteiger partial charge in [0, 0.05) is 29.9 Å². The van der Waals surface area contributed by atoms with E-state index in [1.807, 2.05) is 30.3 Å². The molecule has 1 amide bonds. The van der Waals surface area contributed by atoms with Crippen LogP contribution >= 0.6 is 11.8 Å². The van der Waals surface area contributed by atoms with Crippen LogP contribution in [0, 0.1) is 0 Å². The van der Waals surface area contributed by atoms with Crippen molar-refractivity contribution in [3.05, 3.63) is 65.7 Å². The highest BCUT2D eigenvalue weighted by molar-refractivity contribution is 7.98. The molecule has 0 atom stereocenters. The van der Waals surface area contributed by atoms with E-state index < -0.39 is 5.97 Å². The number of carbonyl (C=O) groups is 2. The van der Waals surface area contributed by atoms with Gasteiger partial charge in [-0.3, -0.25) is 9.59 Å². The van der Waals surface area contributed by atoms with Crippen LogP contribution < -0.4 is 0 Å². The number of methoxy groups -OCH3 is 1. The fourth-order valence-corrected chi connectivity index (χ4v) is 3.09. The fraction of sp³-hybridized carbons (Fsp3) is 0.263. The molecule has 2 aromatic carbocycles. The van der Waals surface area contributed by atoms with Gasteiger partial charge in [-0.2, -0.15) is 0 Å². The molecule has 6 heteroatoms.